The largest absolute Gasteiger partial charge is 0.497 e. The third-order valence-electron chi connectivity index (χ3n) is 7.71. The Morgan fingerprint density at radius 1 is 1.11 bits per heavy atom. The monoisotopic (exact) mass is 372 g/mol. The van der Waals surface area contributed by atoms with Crippen LogP contribution in [0.2, 0.25) is 0 Å². The van der Waals surface area contributed by atoms with Crippen molar-refractivity contribution >= 4 is 11.9 Å². The Morgan fingerprint density at radius 2 is 1.93 bits per heavy atom. The molecule has 0 saturated heterocycles. The lowest BCUT2D eigenvalue weighted by molar-refractivity contribution is -0.127. The molecule has 5 rings (SSSR count). The molecular weight excluding hydrogens is 344 g/mol. The molecule has 0 N–H and O–H groups in total. The quantitative estimate of drug-likeness (QED) is 0.622. The molecule has 144 valence electrons. The highest BCUT2D eigenvalue weighted by Gasteiger charge is 2.56. The first-order chi connectivity index (χ1) is 13.6. The van der Waals surface area contributed by atoms with E-state index in [0.29, 0.717) is 23.5 Å². The molecule has 0 aromatic heterocycles. The van der Waals surface area contributed by atoms with Gasteiger partial charge in [-0.25, -0.2) is 0 Å². The molecule has 0 unspecified atom stereocenters. The fourth-order valence-electron chi connectivity index (χ4n) is 6.24. The molecule has 2 saturated carbocycles. The summed E-state index contributed by atoms with van der Waals surface area (Å²) in [6.07, 6.45) is 7.51. The fourth-order valence-corrected chi connectivity index (χ4v) is 6.24. The number of fused-ring (bicyclic) bond motifs is 5. The number of allylic oxidation sites excluding steroid dienone is 1. The van der Waals surface area contributed by atoms with Crippen molar-refractivity contribution in [2.24, 2.45) is 17.3 Å². The average molecular weight is 373 g/mol. The summed E-state index contributed by atoms with van der Waals surface area (Å²) in [5.74, 6) is 3.05. The Morgan fingerprint density at radius 3 is 2.71 bits per heavy atom. The van der Waals surface area contributed by atoms with Gasteiger partial charge in [-0.3, -0.25) is 4.79 Å². The van der Waals surface area contributed by atoms with Crippen molar-refractivity contribution in [1.82, 2.24) is 0 Å². The second-order valence-corrected chi connectivity index (χ2v) is 9.05. The number of carbonyl (C=O) groups excluding carboxylic acids is 1. The van der Waals surface area contributed by atoms with Gasteiger partial charge in [0.05, 0.1) is 7.11 Å². The van der Waals surface area contributed by atoms with Crippen LogP contribution in [0, 0.1) is 17.3 Å². The van der Waals surface area contributed by atoms with Gasteiger partial charge in [-0.2, -0.15) is 0 Å². The van der Waals surface area contributed by atoms with Gasteiger partial charge >= 0.3 is 0 Å². The third-order valence-corrected chi connectivity index (χ3v) is 7.71. The van der Waals surface area contributed by atoms with E-state index in [2.05, 4.69) is 43.3 Å². The molecule has 2 nitrogen and oxygen atoms in total. The number of benzene rings is 2. The van der Waals surface area contributed by atoms with Crippen molar-refractivity contribution in [1.29, 1.82) is 0 Å². The number of methoxy groups -OCH3 is 1. The molecule has 0 spiro atoms. The highest BCUT2D eigenvalue weighted by Crippen LogP contribution is 2.60. The number of Topliss-reactive ketones (excluding diaryl/α,β-unsaturated/α-hetero) is 1. The summed E-state index contributed by atoms with van der Waals surface area (Å²) in [4.78, 5) is 13.4. The van der Waals surface area contributed by atoms with E-state index in [1.54, 1.807) is 7.11 Å². The summed E-state index contributed by atoms with van der Waals surface area (Å²) in [5, 5.41) is 0. The Labute approximate surface area is 167 Å². The van der Waals surface area contributed by atoms with Gasteiger partial charge in [0.25, 0.3) is 0 Å². The number of rotatable bonds is 2. The van der Waals surface area contributed by atoms with E-state index in [-0.39, 0.29) is 5.41 Å². The first-order valence-corrected chi connectivity index (χ1v) is 10.6. The van der Waals surface area contributed by atoms with Crippen LogP contribution in [-0.2, 0) is 11.2 Å². The van der Waals surface area contributed by atoms with Crippen molar-refractivity contribution in [3.8, 4) is 5.75 Å². The van der Waals surface area contributed by atoms with Crippen LogP contribution in [0.15, 0.2) is 54.1 Å². The molecule has 4 atom stereocenters. The lowest BCUT2D eigenvalue weighted by atomic mass is 9.55. The maximum atomic E-state index is 13.4. The molecule has 28 heavy (non-hydrogen) atoms. The number of hydrogen-bond donors (Lipinski definition) is 0. The van der Waals surface area contributed by atoms with Gasteiger partial charge in [0.15, 0.2) is 5.78 Å². The van der Waals surface area contributed by atoms with Gasteiger partial charge < -0.3 is 4.74 Å². The van der Waals surface area contributed by atoms with E-state index in [9.17, 15) is 4.79 Å². The summed E-state index contributed by atoms with van der Waals surface area (Å²) >= 11 is 0. The number of hydrogen-bond acceptors (Lipinski definition) is 2. The molecule has 0 aliphatic heterocycles. The molecule has 0 bridgehead atoms. The number of aryl methyl sites for hydroxylation is 1. The van der Waals surface area contributed by atoms with Crippen LogP contribution < -0.4 is 4.74 Å². The van der Waals surface area contributed by atoms with Crippen molar-refractivity contribution in [3.05, 3.63) is 70.8 Å². The van der Waals surface area contributed by atoms with Crippen molar-refractivity contribution < 1.29 is 9.53 Å². The van der Waals surface area contributed by atoms with E-state index < -0.39 is 0 Å². The van der Waals surface area contributed by atoms with Crippen LogP contribution in [0.3, 0.4) is 0 Å². The standard InChI is InChI=1S/C26H28O2/c1-26-13-12-22-21-11-9-20(28-2)15-18(21)8-10-23(22)24(26)16-19(25(26)27)14-17-6-4-3-5-7-17/h3-7,9,11,14-15,22-24H,8,10,12-13,16H2,1-2H3/b19-14+/t22-,23-,24-,26-/m1/s1. The van der Waals surface area contributed by atoms with E-state index in [1.807, 2.05) is 18.2 Å². The molecule has 3 aliphatic carbocycles. The smallest absolute Gasteiger partial charge is 0.165 e. The first kappa shape index (κ1) is 17.7. The van der Waals surface area contributed by atoms with E-state index in [0.717, 1.165) is 42.6 Å². The van der Waals surface area contributed by atoms with Crippen LogP contribution in [-0.4, -0.2) is 12.9 Å². The summed E-state index contributed by atoms with van der Waals surface area (Å²) in [7, 11) is 1.74. The zero-order chi connectivity index (χ0) is 19.3. The first-order valence-electron chi connectivity index (χ1n) is 10.6. The molecule has 0 amide bonds. The minimum Gasteiger partial charge on any atom is -0.497 e. The summed E-state index contributed by atoms with van der Waals surface area (Å²) in [6, 6.07) is 16.9. The molecule has 2 heteroatoms. The lowest BCUT2D eigenvalue weighted by Gasteiger charge is -2.48. The van der Waals surface area contributed by atoms with Gasteiger partial charge in [0.1, 0.15) is 5.75 Å². The van der Waals surface area contributed by atoms with E-state index in [4.69, 9.17) is 4.74 Å². The van der Waals surface area contributed by atoms with Crippen LogP contribution in [0.25, 0.3) is 6.08 Å². The van der Waals surface area contributed by atoms with Gasteiger partial charge in [0.2, 0.25) is 0 Å². The molecule has 3 aliphatic rings. The Bertz CT molecular complexity index is 942. The zero-order valence-corrected chi connectivity index (χ0v) is 16.8. The van der Waals surface area contributed by atoms with Gasteiger partial charge in [-0.05, 0) is 90.3 Å². The predicted molar refractivity (Wildman–Crippen MR) is 112 cm³/mol. The Balaban J connectivity index is 1.48. The van der Waals surface area contributed by atoms with Crippen LogP contribution in [0.4, 0.5) is 0 Å². The predicted octanol–water partition coefficient (Wildman–Crippen LogP) is 5.81. The second kappa shape index (κ2) is 6.62. The number of carbonyl (C=O) groups is 1. The normalized spacial score (nSPS) is 32.6. The molecule has 0 radical (unpaired) electrons. The molecule has 2 fully saturated rings. The third kappa shape index (κ3) is 2.65. The van der Waals surface area contributed by atoms with Crippen molar-refractivity contribution in [2.45, 2.75) is 44.9 Å². The minimum atomic E-state index is -0.175. The molecular formula is C26H28O2. The van der Waals surface area contributed by atoms with E-state index in [1.165, 1.54) is 17.5 Å². The summed E-state index contributed by atoms with van der Waals surface area (Å²) in [6.45, 7) is 2.24. The highest BCUT2D eigenvalue weighted by atomic mass is 16.5. The van der Waals surface area contributed by atoms with Crippen molar-refractivity contribution in [3.63, 3.8) is 0 Å². The zero-order valence-electron chi connectivity index (χ0n) is 16.8. The summed E-state index contributed by atoms with van der Waals surface area (Å²) in [5.41, 5.74) is 4.97. The molecule has 2 aromatic rings. The summed E-state index contributed by atoms with van der Waals surface area (Å²) < 4.78 is 5.43. The highest BCUT2D eigenvalue weighted by molar-refractivity contribution is 6.06. The maximum Gasteiger partial charge on any atom is 0.165 e. The van der Waals surface area contributed by atoms with E-state index >= 15 is 0 Å². The van der Waals surface area contributed by atoms with Gasteiger partial charge in [-0.1, -0.05) is 43.3 Å². The maximum absolute atomic E-state index is 13.4. The molecule has 0 heterocycles. The SMILES string of the molecule is COc1ccc2c(c1)CC[C@@H]1[C@@H]2CC[C@@]2(C)C(=O)/C(=C/c3ccccc3)C[C@H]12. The van der Waals surface area contributed by atoms with Crippen molar-refractivity contribution in [2.75, 3.05) is 7.11 Å². The van der Waals surface area contributed by atoms with Crippen LogP contribution >= 0.6 is 0 Å². The Hall–Kier alpha value is -2.35. The van der Waals surface area contributed by atoms with Gasteiger partial charge in [-0.15, -0.1) is 0 Å². The lowest BCUT2D eigenvalue weighted by Crippen LogP contribution is -2.42. The van der Waals surface area contributed by atoms with Crippen LogP contribution in [0.1, 0.15) is 55.2 Å². The second-order valence-electron chi connectivity index (χ2n) is 9.05. The average Bonchev–Trinajstić information content (AvgIpc) is 2.99. The number of ether oxygens (including phenoxy) is 1. The molecule has 2 aromatic carbocycles. The Kier molecular flexibility index (Phi) is 4.19. The minimum absolute atomic E-state index is 0.175. The number of ketones is 1. The van der Waals surface area contributed by atoms with Gasteiger partial charge in [0, 0.05) is 5.41 Å². The topological polar surface area (TPSA) is 26.3 Å². The fraction of sp³-hybridized carbons (Fsp3) is 0.423. The van der Waals surface area contributed by atoms with Crippen LogP contribution in [0.5, 0.6) is 5.75 Å².